The van der Waals surface area contributed by atoms with Crippen LogP contribution in [0, 0.1) is 0 Å². The van der Waals surface area contributed by atoms with Gasteiger partial charge in [-0.15, -0.1) is 0 Å². The first-order valence-electron chi connectivity index (χ1n) is 7.15. The molecule has 0 aromatic carbocycles. The molecule has 0 spiro atoms. The first kappa shape index (κ1) is 18.0. The Kier molecular flexibility index (Phi) is 5.10. The molecular weight excluding hydrogens is 290 g/mol. The quantitative estimate of drug-likeness (QED) is 0.591. The maximum Gasteiger partial charge on any atom is 0.410 e. The Morgan fingerprint density at radius 2 is 1.76 bits per heavy atom. The number of hydrogen-bond acceptors (Lipinski definition) is 5. The van der Waals surface area contributed by atoms with Crippen molar-refractivity contribution < 1.29 is 23.5 Å². The Morgan fingerprint density at radius 3 is 2.19 bits per heavy atom. The number of likely N-dealkylation sites (tertiary alicyclic amines) is 1. The summed E-state index contributed by atoms with van der Waals surface area (Å²) < 4.78 is 16.3. The van der Waals surface area contributed by atoms with E-state index in [1.807, 2.05) is 40.4 Å². The van der Waals surface area contributed by atoms with Gasteiger partial charge in [-0.05, 0) is 40.4 Å². The lowest BCUT2D eigenvalue weighted by molar-refractivity contribution is -0.158. The standard InChI is InChI=1S/C14H27NO5Si/c1-13(2,3)19-12(17)15-9-8-14(10-15,11(16)18-4)20-21(5,6)7/h8-10H2,1-7H3. The highest BCUT2D eigenvalue weighted by Gasteiger charge is 2.51. The molecule has 0 aromatic heterocycles. The van der Waals surface area contributed by atoms with Gasteiger partial charge in [0.15, 0.2) is 13.9 Å². The third-order valence-corrected chi connectivity index (χ3v) is 3.95. The van der Waals surface area contributed by atoms with Crippen molar-refractivity contribution in [2.24, 2.45) is 0 Å². The maximum atomic E-state index is 12.2. The summed E-state index contributed by atoms with van der Waals surface area (Å²) in [6, 6.07) is 0. The third kappa shape index (κ3) is 5.00. The van der Waals surface area contributed by atoms with E-state index in [-0.39, 0.29) is 6.54 Å². The Balaban J connectivity index is 2.86. The van der Waals surface area contributed by atoms with Crippen LogP contribution in [0.2, 0.25) is 19.6 Å². The molecule has 1 aliphatic heterocycles. The van der Waals surface area contributed by atoms with Crippen molar-refractivity contribution in [3.8, 4) is 0 Å². The second-order valence-electron chi connectivity index (χ2n) is 7.35. The number of nitrogens with zero attached hydrogens (tertiary/aromatic N) is 1. The molecule has 1 aliphatic rings. The van der Waals surface area contributed by atoms with Crippen LogP contribution >= 0.6 is 0 Å². The SMILES string of the molecule is COC(=O)C1(O[Si](C)(C)C)CCN(C(=O)OC(C)(C)C)C1. The summed E-state index contributed by atoms with van der Waals surface area (Å²) in [5, 5.41) is 0. The topological polar surface area (TPSA) is 65.1 Å². The van der Waals surface area contributed by atoms with Gasteiger partial charge < -0.3 is 18.8 Å². The first-order chi connectivity index (χ1) is 9.38. The van der Waals surface area contributed by atoms with Gasteiger partial charge >= 0.3 is 12.1 Å². The zero-order valence-electron chi connectivity index (χ0n) is 14.1. The van der Waals surface area contributed by atoms with Crippen LogP contribution in [0.15, 0.2) is 0 Å². The van der Waals surface area contributed by atoms with Gasteiger partial charge in [0, 0.05) is 13.0 Å². The van der Waals surface area contributed by atoms with Crippen molar-refractivity contribution in [3.63, 3.8) is 0 Å². The van der Waals surface area contributed by atoms with Gasteiger partial charge in [-0.1, -0.05) is 0 Å². The van der Waals surface area contributed by atoms with Crippen molar-refractivity contribution in [2.75, 3.05) is 20.2 Å². The molecule has 1 saturated heterocycles. The Bertz CT molecular complexity index is 413. The second kappa shape index (κ2) is 5.96. The normalized spacial score (nSPS) is 23.1. The second-order valence-corrected chi connectivity index (χ2v) is 11.8. The summed E-state index contributed by atoms with van der Waals surface area (Å²) in [7, 11) is -0.623. The third-order valence-electron chi connectivity index (χ3n) is 2.94. The molecule has 7 heteroatoms. The summed E-state index contributed by atoms with van der Waals surface area (Å²) in [4.78, 5) is 25.8. The van der Waals surface area contributed by atoms with Crippen LogP contribution < -0.4 is 0 Å². The molecule has 0 aliphatic carbocycles. The van der Waals surface area contributed by atoms with Gasteiger partial charge in [0.05, 0.1) is 13.7 Å². The zero-order valence-corrected chi connectivity index (χ0v) is 15.1. The fourth-order valence-electron chi connectivity index (χ4n) is 2.33. The molecule has 0 bridgehead atoms. The lowest BCUT2D eigenvalue weighted by Crippen LogP contribution is -2.51. The molecule has 1 atom stereocenters. The average Bonchev–Trinajstić information content (AvgIpc) is 2.68. The number of methoxy groups -OCH3 is 1. The summed E-state index contributed by atoms with van der Waals surface area (Å²) in [5.74, 6) is -0.420. The van der Waals surface area contributed by atoms with Crippen LogP contribution in [0.25, 0.3) is 0 Å². The summed E-state index contributed by atoms with van der Waals surface area (Å²) in [6.07, 6.45) is 0.0101. The predicted molar refractivity (Wildman–Crippen MR) is 81.6 cm³/mol. The Labute approximate surface area is 127 Å². The van der Waals surface area contributed by atoms with E-state index < -0.39 is 31.6 Å². The van der Waals surface area contributed by atoms with Gasteiger partial charge in [0.2, 0.25) is 0 Å². The molecule has 0 N–H and O–H groups in total. The Morgan fingerprint density at radius 1 is 1.19 bits per heavy atom. The van der Waals surface area contributed by atoms with Crippen molar-refractivity contribution in [2.45, 2.75) is 58.0 Å². The molecular formula is C14H27NO5Si. The Hall–Kier alpha value is -1.08. The van der Waals surface area contributed by atoms with Crippen molar-refractivity contribution in [1.82, 2.24) is 4.90 Å². The van der Waals surface area contributed by atoms with E-state index in [0.717, 1.165) is 0 Å². The molecule has 122 valence electrons. The molecule has 1 unspecified atom stereocenters. The average molecular weight is 317 g/mol. The largest absolute Gasteiger partial charge is 0.467 e. The highest BCUT2D eigenvalue weighted by Crippen LogP contribution is 2.31. The van der Waals surface area contributed by atoms with Crippen molar-refractivity contribution in [3.05, 3.63) is 0 Å². The highest BCUT2D eigenvalue weighted by atomic mass is 28.4. The van der Waals surface area contributed by atoms with Crippen LogP contribution in [0.4, 0.5) is 4.79 Å². The van der Waals surface area contributed by atoms with E-state index in [2.05, 4.69) is 0 Å². The van der Waals surface area contributed by atoms with Gasteiger partial charge in [-0.3, -0.25) is 0 Å². The minimum absolute atomic E-state index is 0.179. The van der Waals surface area contributed by atoms with Crippen LogP contribution in [-0.4, -0.2) is 56.7 Å². The number of carbonyl (C=O) groups is 2. The first-order valence-corrected chi connectivity index (χ1v) is 10.6. The van der Waals surface area contributed by atoms with Gasteiger partial charge in [0.1, 0.15) is 5.60 Å². The highest BCUT2D eigenvalue weighted by molar-refractivity contribution is 6.70. The fraction of sp³-hybridized carbons (Fsp3) is 0.857. The van der Waals surface area contributed by atoms with E-state index in [1.165, 1.54) is 12.0 Å². The summed E-state index contributed by atoms with van der Waals surface area (Å²) in [6.45, 7) is 12.1. The van der Waals surface area contributed by atoms with E-state index in [1.54, 1.807) is 0 Å². The molecule has 1 amide bonds. The number of ether oxygens (including phenoxy) is 2. The smallest absolute Gasteiger partial charge is 0.410 e. The van der Waals surface area contributed by atoms with E-state index in [9.17, 15) is 9.59 Å². The number of amides is 1. The summed E-state index contributed by atoms with van der Waals surface area (Å²) in [5.41, 5.74) is -1.62. The molecule has 1 heterocycles. The van der Waals surface area contributed by atoms with Crippen LogP contribution in [0.3, 0.4) is 0 Å². The van der Waals surface area contributed by atoms with E-state index in [0.29, 0.717) is 13.0 Å². The van der Waals surface area contributed by atoms with E-state index >= 15 is 0 Å². The van der Waals surface area contributed by atoms with Crippen LogP contribution in [0.1, 0.15) is 27.2 Å². The van der Waals surface area contributed by atoms with E-state index in [4.69, 9.17) is 13.9 Å². The predicted octanol–water partition coefficient (Wildman–Crippen LogP) is 2.39. The van der Waals surface area contributed by atoms with Crippen molar-refractivity contribution in [1.29, 1.82) is 0 Å². The van der Waals surface area contributed by atoms with Crippen LogP contribution in [0.5, 0.6) is 0 Å². The molecule has 0 aromatic rings. The number of rotatable bonds is 3. The fourth-order valence-corrected chi connectivity index (χ4v) is 3.75. The minimum Gasteiger partial charge on any atom is -0.467 e. The molecule has 1 fully saturated rings. The van der Waals surface area contributed by atoms with Gasteiger partial charge in [-0.2, -0.15) is 0 Å². The number of carbonyl (C=O) groups excluding carboxylic acids is 2. The lowest BCUT2D eigenvalue weighted by Gasteiger charge is -2.33. The molecule has 6 nitrogen and oxygen atoms in total. The maximum absolute atomic E-state index is 12.2. The van der Waals surface area contributed by atoms with Gasteiger partial charge in [-0.25, -0.2) is 9.59 Å². The molecule has 0 radical (unpaired) electrons. The van der Waals surface area contributed by atoms with Gasteiger partial charge in [0.25, 0.3) is 0 Å². The van der Waals surface area contributed by atoms with Crippen molar-refractivity contribution >= 4 is 20.4 Å². The number of esters is 1. The monoisotopic (exact) mass is 317 g/mol. The lowest BCUT2D eigenvalue weighted by atomic mass is 10.0. The molecule has 0 saturated carbocycles. The minimum atomic E-state index is -1.96. The zero-order chi connectivity index (χ0) is 16.5. The number of hydrogen-bond donors (Lipinski definition) is 0. The molecule has 1 rings (SSSR count). The van der Waals surface area contributed by atoms with Crippen LogP contribution in [-0.2, 0) is 18.7 Å². The molecule has 21 heavy (non-hydrogen) atoms. The summed E-state index contributed by atoms with van der Waals surface area (Å²) >= 11 is 0.